The van der Waals surface area contributed by atoms with Gasteiger partial charge in [0.2, 0.25) is 23.7 Å². The number of methoxy groups -OCH3 is 2. The molecule has 1 radical (unpaired) electrons. The van der Waals surface area contributed by atoms with Gasteiger partial charge in [0.25, 0.3) is 25.6 Å². The van der Waals surface area contributed by atoms with Crippen LogP contribution < -0.4 is 46.8 Å². The second-order valence-corrected chi connectivity index (χ2v) is 34.4. The van der Waals surface area contributed by atoms with Crippen LogP contribution in [0.15, 0.2) is 179 Å². The van der Waals surface area contributed by atoms with Crippen LogP contribution in [0.2, 0.25) is 10.0 Å². The van der Waals surface area contributed by atoms with Crippen molar-refractivity contribution in [1.82, 2.24) is 53.3 Å². The number of nitrogens with one attached hydrogen (secondary N) is 5. The number of rotatable bonds is 34. The van der Waals surface area contributed by atoms with Crippen molar-refractivity contribution in [2.75, 3.05) is 50.0 Å². The van der Waals surface area contributed by atoms with Gasteiger partial charge in [0.05, 0.1) is 81.4 Å². The minimum Gasteiger partial charge on any atom is -0.497 e. The molecule has 37 heteroatoms. The number of hydrogen-bond donors (Lipinski definition) is 5. The molecule has 0 spiro atoms. The maximum absolute atomic E-state index is 17.0. The number of ether oxygens (including phenoxy) is 6. The van der Waals surface area contributed by atoms with Crippen LogP contribution in [0, 0.1) is 36.2 Å². The van der Waals surface area contributed by atoms with Gasteiger partial charge in [-0.25, -0.2) is 24.0 Å². The Kier molecular flexibility index (Phi) is 27.6. The van der Waals surface area contributed by atoms with Gasteiger partial charge in [-0.2, -0.15) is 20.2 Å². The second-order valence-electron chi connectivity index (χ2n) is 30.7. The summed E-state index contributed by atoms with van der Waals surface area (Å²) in [6, 6.07) is 47.5. The molecule has 0 bridgehead atoms. The molecule has 3 saturated heterocycles. The number of nitriles is 1. The van der Waals surface area contributed by atoms with Crippen LogP contribution in [-0.2, 0) is 56.8 Å². The van der Waals surface area contributed by atoms with Gasteiger partial charge < -0.3 is 47.3 Å². The van der Waals surface area contributed by atoms with Crippen molar-refractivity contribution < 1.29 is 70.0 Å². The van der Waals surface area contributed by atoms with Crippen LogP contribution >= 0.6 is 39.6 Å². The SMILES string of the molecule is COc1ccc(C(OC[C@@H]2O[C@@H](n3ccc(NC(=O)c4ccccc4)nc3=O)C[C@H]2c2c[c]c(Cl)c(C)c2[C@H]2O[C@@H](n3cnc4c(=O)[nH]c(NC(=O)C(C)C)nc43)C[C@@H]2OP(=O)(OC[C@H]2O[C@@H](n3cnc4c(=O)[nH]c(NC(=O)C(C)C)nc43)C[C@@H]2OP(OCCC#N)N(C(C)C)C(C)C)Oc2ccccc2Cl)(c2ccccc2)c2ccc(OC)cc2)cc1. The van der Waals surface area contributed by atoms with Crippen molar-refractivity contribution in [2.24, 2.45) is 11.8 Å². The first-order chi connectivity index (χ1) is 59.1. The summed E-state index contributed by atoms with van der Waals surface area (Å²) in [6.07, 6.45) is -5.81. The number of phosphoric acid groups is 1. The third-order valence-corrected chi connectivity index (χ3v) is 25.5. The van der Waals surface area contributed by atoms with Crippen LogP contribution in [0.4, 0.5) is 17.7 Å². The number of carbonyl (C=O) groups excluding carboxylic acids is 3. The summed E-state index contributed by atoms with van der Waals surface area (Å²) in [4.78, 5) is 110. The number of nitrogens with zero attached hydrogens (tertiary/aromatic N) is 10. The van der Waals surface area contributed by atoms with E-state index in [2.05, 4.69) is 58.0 Å². The Hall–Kier alpha value is -10.9. The first-order valence-corrected chi connectivity index (χ1v) is 43.3. The van der Waals surface area contributed by atoms with Crippen molar-refractivity contribution in [3.8, 4) is 23.3 Å². The van der Waals surface area contributed by atoms with Crippen molar-refractivity contribution in [2.45, 2.75) is 161 Å². The quantitative estimate of drug-likeness (QED) is 0.0142. The lowest BCUT2D eigenvalue weighted by molar-refractivity contribution is -0.119. The molecule has 14 rings (SSSR count). The molecule has 11 atom stereocenters. The number of aromatic amines is 2. The lowest BCUT2D eigenvalue weighted by atomic mass is 9.79. The Morgan fingerprint density at radius 1 is 0.675 bits per heavy atom. The van der Waals surface area contributed by atoms with Crippen molar-refractivity contribution in [3.63, 3.8) is 0 Å². The van der Waals surface area contributed by atoms with E-state index in [4.69, 9.17) is 79.2 Å². The van der Waals surface area contributed by atoms with Crippen molar-refractivity contribution in [3.05, 3.63) is 251 Å². The monoisotopic (exact) mass is 1750 g/mol. The highest BCUT2D eigenvalue weighted by Gasteiger charge is 2.51. The van der Waals surface area contributed by atoms with Crippen molar-refractivity contribution >= 4 is 97.3 Å². The van der Waals surface area contributed by atoms with E-state index >= 15 is 4.57 Å². The van der Waals surface area contributed by atoms with Gasteiger partial charge in [0.15, 0.2) is 22.3 Å². The van der Waals surface area contributed by atoms with E-state index in [0.717, 1.165) is 0 Å². The first-order valence-electron chi connectivity index (χ1n) is 39.9. The molecule has 5 aromatic heterocycles. The summed E-state index contributed by atoms with van der Waals surface area (Å²) in [7, 11) is -4.20. The summed E-state index contributed by atoms with van der Waals surface area (Å²) in [5.74, 6) is -2.61. The van der Waals surface area contributed by atoms with E-state index in [-0.39, 0.29) is 107 Å². The number of hydrogen-bond acceptors (Lipinski definition) is 25. The first kappa shape index (κ1) is 88.4. The minimum absolute atomic E-state index is 0.000163. The van der Waals surface area contributed by atoms with Gasteiger partial charge in [-0.15, -0.1) is 0 Å². The number of aromatic nitrogens is 10. The average molecular weight is 1760 g/mol. The molecule has 2 unspecified atom stereocenters. The second kappa shape index (κ2) is 38.5. The molecule has 5 N–H and O–H groups in total. The van der Waals surface area contributed by atoms with Gasteiger partial charge in [-0.1, -0.05) is 136 Å². The van der Waals surface area contributed by atoms with Crippen LogP contribution in [-0.4, -0.2) is 142 Å². The molecule has 3 aliphatic heterocycles. The molecular formula is C86H92Cl2N15O18P2. The van der Waals surface area contributed by atoms with Crippen LogP contribution in [0.1, 0.15) is 156 Å². The molecule has 0 saturated carbocycles. The smallest absolute Gasteiger partial charge is 0.497 e. The molecule has 6 aromatic carbocycles. The van der Waals surface area contributed by atoms with E-state index in [0.29, 0.717) is 50.4 Å². The molecular weight excluding hydrogens is 1660 g/mol. The number of benzene rings is 6. The molecule has 11 aromatic rings. The third-order valence-electron chi connectivity index (χ3n) is 21.2. The van der Waals surface area contributed by atoms with E-state index in [1.165, 1.54) is 50.8 Å². The molecule has 3 fully saturated rings. The third kappa shape index (κ3) is 19.4. The Morgan fingerprint density at radius 3 is 1.78 bits per heavy atom. The topological polar surface area (TPSA) is 395 Å². The maximum atomic E-state index is 17.0. The zero-order valence-corrected chi connectivity index (χ0v) is 72.3. The molecule has 0 aliphatic carbocycles. The Balaban J connectivity index is 0.906. The standard InChI is InChI=1S/C86H92Cl2N15O18P2/c1-48(2)78(104)96-83-94-76-73(81(107)98-83)90-46-101(76)70-42-64(119-122(114-40-20-38-89)103(50(5)6)51(7)8)67(117-70)45-115-123(110,120-63-26-19-18-25-62(63)88)121-65-43-71(102-47-91-74-77(102)95-84(99-82(74)108)97-79(105)49(3)4)118-75(65)72-52(9)61(87)36-35-59(72)60-41-69(100-39-37-68(93-85(100)109)92-80(106)53-21-14-12-15-22-53)116-66(60)44-113-86(54-23-16-13-17-24-54,55-27-31-57(111-10)32-28-55)56-29-33-58(112-11)34-30-56/h12-19,21-35,37,39,46-51,60,64-67,69-71,75H,20,40-45H2,1-11H3,(H,92,93,106,109)(H2,94,96,98,104,107)(H2,95,97,99,105,108)/t60-,64-,65-,66-,67+,69+,70+,71+,75-,122?,123?/m0/s1. The number of H-pyrrole nitrogens is 2. The fraction of sp³-hybridized carbons (Fsp3) is 0.372. The Bertz CT molecular complexity index is 5860. The minimum atomic E-state index is -5.31. The predicted octanol–water partition coefficient (Wildman–Crippen LogP) is 15.0. The normalized spacial score (nSPS) is 19.9. The summed E-state index contributed by atoms with van der Waals surface area (Å²) >= 11 is 14.4. The zero-order chi connectivity index (χ0) is 87.1. The number of amides is 3. The number of imidazole rings is 2. The summed E-state index contributed by atoms with van der Waals surface area (Å²) < 4.78 is 98.0. The van der Waals surface area contributed by atoms with E-state index in [1.54, 1.807) is 97.4 Å². The van der Waals surface area contributed by atoms with Gasteiger partial charge in [-0.05, 0) is 129 Å². The number of para-hydroxylation sites is 1. The van der Waals surface area contributed by atoms with E-state index < -0.39 is 130 Å². The number of anilines is 3. The summed E-state index contributed by atoms with van der Waals surface area (Å²) in [5, 5.41) is 18.0. The van der Waals surface area contributed by atoms with Gasteiger partial charge in [0.1, 0.15) is 65.7 Å². The van der Waals surface area contributed by atoms with Gasteiger partial charge in [-0.3, -0.25) is 67.3 Å². The van der Waals surface area contributed by atoms with Gasteiger partial charge >= 0.3 is 13.5 Å². The number of halogens is 2. The van der Waals surface area contributed by atoms with Crippen LogP contribution in [0.25, 0.3) is 22.3 Å². The zero-order valence-electron chi connectivity index (χ0n) is 69.0. The molecule has 123 heavy (non-hydrogen) atoms. The predicted molar refractivity (Wildman–Crippen MR) is 457 cm³/mol. The largest absolute Gasteiger partial charge is 0.530 e. The lowest BCUT2D eigenvalue weighted by Crippen LogP contribution is -2.37. The Labute approximate surface area is 718 Å². The van der Waals surface area contributed by atoms with Gasteiger partial charge in [0, 0.05) is 66.9 Å². The Morgan fingerprint density at radius 2 is 1.22 bits per heavy atom. The molecule has 8 heterocycles. The summed E-state index contributed by atoms with van der Waals surface area (Å²) in [5.41, 5.74) is -0.222. The molecule has 3 amide bonds. The lowest BCUT2D eigenvalue weighted by Gasteiger charge is -2.37. The molecule has 3 aliphatic rings. The highest BCUT2D eigenvalue weighted by molar-refractivity contribution is 7.49. The summed E-state index contributed by atoms with van der Waals surface area (Å²) in [6.45, 7) is 15.4. The number of phosphoric ester groups is 1. The molecule has 33 nitrogen and oxygen atoms in total. The highest BCUT2D eigenvalue weighted by atomic mass is 35.5. The highest BCUT2D eigenvalue weighted by Crippen LogP contribution is 2.59. The number of fused-ring (bicyclic) bond motifs is 2. The average Bonchev–Trinajstić information content (AvgIpc) is 1.73. The fourth-order valence-electron chi connectivity index (χ4n) is 15.2. The maximum Gasteiger partial charge on any atom is 0.530 e. The van der Waals surface area contributed by atoms with Crippen molar-refractivity contribution in [1.29, 1.82) is 5.26 Å². The molecule has 643 valence electrons. The van der Waals surface area contributed by atoms with E-state index in [1.807, 2.05) is 111 Å². The number of carbonyl (C=O) groups is 3. The van der Waals surface area contributed by atoms with Crippen LogP contribution in [0.3, 0.4) is 0 Å². The van der Waals surface area contributed by atoms with E-state index in [9.17, 15) is 34.0 Å². The fourth-order valence-corrected chi connectivity index (χ4v) is 18.7. The van der Waals surface area contributed by atoms with Crippen LogP contribution in [0.5, 0.6) is 17.2 Å².